The van der Waals surface area contributed by atoms with Crippen molar-refractivity contribution < 1.29 is 18.0 Å². The highest BCUT2D eigenvalue weighted by Crippen LogP contribution is 2.19. The van der Waals surface area contributed by atoms with Crippen LogP contribution in [0.1, 0.15) is 5.56 Å². The third-order valence-electron chi connectivity index (χ3n) is 2.49. The fraction of sp³-hybridized carbons (Fsp3) is 0.273. The van der Waals surface area contributed by atoms with Gasteiger partial charge < -0.3 is 9.88 Å². The van der Waals surface area contributed by atoms with Crippen LogP contribution < -0.4 is 0 Å². The van der Waals surface area contributed by atoms with Crippen molar-refractivity contribution >= 4 is 16.9 Å². The summed E-state index contributed by atoms with van der Waals surface area (Å²) in [5.41, 5.74) is 2.05. The molecular weight excluding hydrogens is 247 g/mol. The number of amides is 1. The van der Waals surface area contributed by atoms with Gasteiger partial charge in [-0.1, -0.05) is 6.07 Å². The number of fused-ring (bicyclic) bond motifs is 1. The lowest BCUT2D eigenvalue weighted by atomic mass is 10.2. The average molecular weight is 257 g/mol. The maximum absolute atomic E-state index is 12.2. The Hall–Kier alpha value is -2.05. The van der Waals surface area contributed by atoms with Crippen molar-refractivity contribution in [2.45, 2.75) is 12.7 Å². The number of benzene rings is 1. The van der Waals surface area contributed by atoms with Crippen LogP contribution in [0.3, 0.4) is 0 Å². The van der Waals surface area contributed by atoms with Crippen LogP contribution >= 0.6 is 0 Å². The van der Waals surface area contributed by atoms with Gasteiger partial charge in [0.05, 0.1) is 17.4 Å². The molecule has 0 spiro atoms. The van der Waals surface area contributed by atoms with Crippen LogP contribution in [0.25, 0.3) is 11.0 Å². The summed E-state index contributed by atoms with van der Waals surface area (Å²) in [6.07, 6.45) is -3.34. The van der Waals surface area contributed by atoms with Crippen molar-refractivity contribution in [2.75, 3.05) is 7.05 Å². The molecule has 1 aromatic carbocycles. The number of nitrogens with one attached hydrogen (secondary N) is 1. The molecule has 0 aliphatic carbocycles. The normalized spacial score (nSPS) is 11.8. The fourth-order valence-corrected chi connectivity index (χ4v) is 1.64. The van der Waals surface area contributed by atoms with E-state index in [1.54, 1.807) is 18.2 Å². The number of alkyl halides is 3. The lowest BCUT2D eigenvalue weighted by Crippen LogP contribution is -2.37. The van der Waals surface area contributed by atoms with Gasteiger partial charge in [0.1, 0.15) is 0 Å². The number of hydrogen-bond acceptors (Lipinski definition) is 2. The number of H-pyrrole nitrogens is 1. The van der Waals surface area contributed by atoms with Crippen LogP contribution in [0.15, 0.2) is 24.5 Å². The van der Waals surface area contributed by atoms with E-state index >= 15 is 0 Å². The molecule has 0 saturated carbocycles. The Morgan fingerprint density at radius 2 is 2.17 bits per heavy atom. The van der Waals surface area contributed by atoms with E-state index in [2.05, 4.69) is 9.97 Å². The predicted octanol–water partition coefficient (Wildman–Crippen LogP) is 2.08. The highest BCUT2D eigenvalue weighted by Gasteiger charge is 2.41. The quantitative estimate of drug-likeness (QED) is 0.895. The molecule has 0 bridgehead atoms. The van der Waals surface area contributed by atoms with Crippen molar-refractivity contribution in [1.82, 2.24) is 14.9 Å². The number of aromatic nitrogens is 2. The molecule has 0 unspecified atom stereocenters. The number of nitrogens with zero attached hydrogens (tertiary/aromatic N) is 2. The molecule has 1 N–H and O–H groups in total. The van der Waals surface area contributed by atoms with E-state index < -0.39 is 12.1 Å². The van der Waals surface area contributed by atoms with Gasteiger partial charge >= 0.3 is 12.1 Å². The lowest BCUT2D eigenvalue weighted by molar-refractivity contribution is -0.184. The Bertz CT molecular complexity index is 576. The van der Waals surface area contributed by atoms with Gasteiger partial charge in [-0.2, -0.15) is 13.2 Å². The van der Waals surface area contributed by atoms with E-state index in [1.165, 1.54) is 6.33 Å². The maximum Gasteiger partial charge on any atom is 0.471 e. The molecule has 1 amide bonds. The van der Waals surface area contributed by atoms with E-state index in [0.717, 1.165) is 18.1 Å². The van der Waals surface area contributed by atoms with Crippen molar-refractivity contribution in [1.29, 1.82) is 0 Å². The minimum absolute atomic E-state index is 0.104. The molecule has 0 fully saturated rings. The molecule has 0 saturated heterocycles. The van der Waals surface area contributed by atoms with Gasteiger partial charge in [0.2, 0.25) is 0 Å². The standard InChI is InChI=1S/C11H10F3N3O/c1-17(10(18)11(12,13)14)5-7-2-3-8-9(4-7)16-6-15-8/h2-4,6H,5H2,1H3,(H,15,16). The van der Waals surface area contributed by atoms with Crippen molar-refractivity contribution in [3.8, 4) is 0 Å². The molecule has 0 radical (unpaired) electrons. The molecule has 1 heterocycles. The summed E-state index contributed by atoms with van der Waals surface area (Å²) < 4.78 is 36.6. The molecule has 2 rings (SSSR count). The van der Waals surface area contributed by atoms with Gasteiger partial charge in [0.25, 0.3) is 0 Å². The summed E-state index contributed by atoms with van der Waals surface area (Å²) in [4.78, 5) is 18.5. The number of imidazole rings is 1. The molecule has 0 aliphatic rings. The highest BCUT2D eigenvalue weighted by molar-refractivity contribution is 5.81. The predicted molar refractivity (Wildman–Crippen MR) is 58.6 cm³/mol. The molecule has 7 heteroatoms. The molecule has 4 nitrogen and oxygen atoms in total. The zero-order chi connectivity index (χ0) is 13.3. The summed E-state index contributed by atoms with van der Waals surface area (Å²) >= 11 is 0. The van der Waals surface area contributed by atoms with Gasteiger partial charge in [0.15, 0.2) is 0 Å². The van der Waals surface area contributed by atoms with E-state index in [-0.39, 0.29) is 6.54 Å². The second-order valence-corrected chi connectivity index (χ2v) is 3.91. The first-order valence-electron chi connectivity index (χ1n) is 5.12. The van der Waals surface area contributed by atoms with Gasteiger partial charge in [-0.25, -0.2) is 4.98 Å². The Kier molecular flexibility index (Phi) is 2.98. The van der Waals surface area contributed by atoms with E-state index in [9.17, 15) is 18.0 Å². The van der Waals surface area contributed by atoms with Gasteiger partial charge in [-0.15, -0.1) is 0 Å². The zero-order valence-electron chi connectivity index (χ0n) is 9.45. The largest absolute Gasteiger partial charge is 0.471 e. The third kappa shape index (κ3) is 2.44. The number of carbonyl (C=O) groups is 1. The Balaban J connectivity index is 2.15. The third-order valence-corrected chi connectivity index (χ3v) is 2.49. The summed E-state index contributed by atoms with van der Waals surface area (Å²) in [6, 6.07) is 5.00. The minimum atomic E-state index is -4.84. The molecule has 1 aromatic heterocycles. The second kappa shape index (κ2) is 4.32. The second-order valence-electron chi connectivity index (χ2n) is 3.91. The Morgan fingerprint density at radius 1 is 1.44 bits per heavy atom. The summed E-state index contributed by atoms with van der Waals surface area (Å²) in [5.74, 6) is -1.85. The van der Waals surface area contributed by atoms with Crippen LogP contribution in [0.5, 0.6) is 0 Å². The average Bonchev–Trinajstić information content (AvgIpc) is 2.73. The van der Waals surface area contributed by atoms with Crippen LogP contribution in [0.2, 0.25) is 0 Å². The number of rotatable bonds is 2. The van der Waals surface area contributed by atoms with Crippen molar-refractivity contribution in [3.63, 3.8) is 0 Å². The maximum atomic E-state index is 12.2. The molecule has 0 atom stereocenters. The van der Waals surface area contributed by atoms with Crippen molar-refractivity contribution in [3.05, 3.63) is 30.1 Å². The first-order chi connectivity index (χ1) is 8.38. The number of hydrogen-bond donors (Lipinski definition) is 1. The van der Waals surface area contributed by atoms with E-state index in [4.69, 9.17) is 0 Å². The lowest BCUT2D eigenvalue weighted by Gasteiger charge is -2.18. The fourth-order valence-electron chi connectivity index (χ4n) is 1.64. The number of aromatic amines is 1. The highest BCUT2D eigenvalue weighted by atomic mass is 19.4. The molecule has 96 valence electrons. The topological polar surface area (TPSA) is 49.0 Å². The minimum Gasteiger partial charge on any atom is -0.345 e. The Labute approximate surface area is 100 Å². The SMILES string of the molecule is CN(Cc1ccc2nc[nH]c2c1)C(=O)C(F)(F)F. The van der Waals surface area contributed by atoms with Gasteiger partial charge in [0, 0.05) is 13.6 Å². The molecule has 2 aromatic rings. The van der Waals surface area contributed by atoms with Crippen LogP contribution in [-0.2, 0) is 11.3 Å². The van der Waals surface area contributed by atoms with E-state index in [1.807, 2.05) is 0 Å². The summed E-state index contributed by atoms with van der Waals surface area (Å²) in [5, 5.41) is 0. The Morgan fingerprint density at radius 3 is 2.83 bits per heavy atom. The molecule has 18 heavy (non-hydrogen) atoms. The number of carbonyl (C=O) groups excluding carboxylic acids is 1. The molecular formula is C11H10F3N3O. The summed E-state index contributed by atoms with van der Waals surface area (Å²) in [6.45, 7) is -0.104. The first kappa shape index (κ1) is 12.4. The van der Waals surface area contributed by atoms with Gasteiger partial charge in [-0.05, 0) is 17.7 Å². The number of halogens is 3. The van der Waals surface area contributed by atoms with E-state index in [0.29, 0.717) is 10.5 Å². The monoisotopic (exact) mass is 257 g/mol. The zero-order valence-corrected chi connectivity index (χ0v) is 9.45. The summed E-state index contributed by atoms with van der Waals surface area (Å²) in [7, 11) is 1.12. The van der Waals surface area contributed by atoms with Gasteiger partial charge in [-0.3, -0.25) is 4.79 Å². The van der Waals surface area contributed by atoms with Crippen LogP contribution in [-0.4, -0.2) is 34.0 Å². The molecule has 0 aliphatic heterocycles. The van der Waals surface area contributed by atoms with Crippen LogP contribution in [0.4, 0.5) is 13.2 Å². The smallest absolute Gasteiger partial charge is 0.345 e. The van der Waals surface area contributed by atoms with Crippen molar-refractivity contribution in [2.24, 2.45) is 0 Å². The van der Waals surface area contributed by atoms with Crippen LogP contribution in [0, 0.1) is 0 Å². The first-order valence-corrected chi connectivity index (χ1v) is 5.12.